The van der Waals surface area contributed by atoms with Gasteiger partial charge in [-0.15, -0.1) is 0 Å². The number of nitrogens with zero attached hydrogens (tertiary/aromatic N) is 3. The fourth-order valence-electron chi connectivity index (χ4n) is 2.30. The van der Waals surface area contributed by atoms with E-state index in [0.717, 1.165) is 25.2 Å². The summed E-state index contributed by atoms with van der Waals surface area (Å²) in [6.45, 7) is 5.39. The Balaban J connectivity index is 1.67. The largest absolute Gasteiger partial charge is 0.311 e. The monoisotopic (exact) mass is 244 g/mol. The molecule has 4 heteroatoms. The van der Waals surface area contributed by atoms with E-state index in [1.165, 1.54) is 32.4 Å². The van der Waals surface area contributed by atoms with Crippen LogP contribution in [0.25, 0.3) is 0 Å². The lowest BCUT2D eigenvalue weighted by molar-refractivity contribution is 0.229. The summed E-state index contributed by atoms with van der Waals surface area (Å²) in [7, 11) is 0. The van der Waals surface area contributed by atoms with Crippen LogP contribution < -0.4 is 5.32 Å². The van der Waals surface area contributed by atoms with Gasteiger partial charge in [0.2, 0.25) is 0 Å². The van der Waals surface area contributed by atoms with Crippen molar-refractivity contribution >= 4 is 0 Å². The van der Waals surface area contributed by atoms with E-state index < -0.39 is 0 Å². The Morgan fingerprint density at radius 2 is 2.11 bits per heavy atom. The van der Waals surface area contributed by atoms with Crippen LogP contribution in [-0.2, 0) is 6.54 Å². The lowest BCUT2D eigenvalue weighted by Gasteiger charge is -2.26. The molecule has 0 spiro atoms. The highest BCUT2D eigenvalue weighted by molar-refractivity contribution is 5.28. The summed E-state index contributed by atoms with van der Waals surface area (Å²) < 4.78 is 0. The Labute approximate surface area is 109 Å². The molecule has 2 heterocycles. The van der Waals surface area contributed by atoms with Crippen LogP contribution in [0.5, 0.6) is 0 Å². The molecule has 1 aliphatic rings. The molecule has 4 nitrogen and oxygen atoms in total. The molecule has 0 aromatic carbocycles. The maximum atomic E-state index is 8.79. The number of hydrogen-bond donors (Lipinski definition) is 1. The molecule has 18 heavy (non-hydrogen) atoms. The highest BCUT2D eigenvalue weighted by Gasteiger charge is 2.08. The van der Waals surface area contributed by atoms with Crippen molar-refractivity contribution in [2.75, 3.05) is 26.2 Å². The molecule has 2 rings (SSSR count). The number of rotatable bonds is 5. The van der Waals surface area contributed by atoms with Gasteiger partial charge in [0.25, 0.3) is 0 Å². The molecule has 1 aliphatic heterocycles. The van der Waals surface area contributed by atoms with Crippen LogP contribution in [0.1, 0.15) is 30.4 Å². The molecule has 1 aromatic rings. The fraction of sp³-hybridized carbons (Fsp3) is 0.571. The normalized spacial score (nSPS) is 16.4. The number of piperidine rings is 1. The molecule has 1 saturated heterocycles. The first-order valence-electron chi connectivity index (χ1n) is 6.65. The molecular formula is C14H20N4. The smallest absolute Gasteiger partial charge is 0.101 e. The predicted molar refractivity (Wildman–Crippen MR) is 70.9 cm³/mol. The quantitative estimate of drug-likeness (QED) is 0.798. The SMILES string of the molecule is N#Cc1cncc(CNCCN2CCCCC2)c1. The van der Waals surface area contributed by atoms with E-state index in [0.29, 0.717) is 5.56 Å². The summed E-state index contributed by atoms with van der Waals surface area (Å²) in [5.74, 6) is 0. The van der Waals surface area contributed by atoms with Gasteiger partial charge < -0.3 is 10.2 Å². The summed E-state index contributed by atoms with van der Waals surface area (Å²) in [6.07, 6.45) is 7.48. The number of nitriles is 1. The van der Waals surface area contributed by atoms with Crippen molar-refractivity contribution < 1.29 is 0 Å². The number of likely N-dealkylation sites (tertiary alicyclic amines) is 1. The van der Waals surface area contributed by atoms with Crippen molar-refractivity contribution in [2.45, 2.75) is 25.8 Å². The van der Waals surface area contributed by atoms with Crippen molar-refractivity contribution in [2.24, 2.45) is 0 Å². The third kappa shape index (κ3) is 4.10. The van der Waals surface area contributed by atoms with Crippen LogP contribution in [0.4, 0.5) is 0 Å². The topological polar surface area (TPSA) is 52.0 Å². The lowest BCUT2D eigenvalue weighted by atomic mass is 10.1. The number of nitrogens with one attached hydrogen (secondary N) is 1. The molecule has 0 bridgehead atoms. The van der Waals surface area contributed by atoms with Crippen molar-refractivity contribution in [3.05, 3.63) is 29.6 Å². The Hall–Kier alpha value is -1.44. The van der Waals surface area contributed by atoms with Crippen molar-refractivity contribution in [1.82, 2.24) is 15.2 Å². The molecule has 96 valence electrons. The molecule has 1 N–H and O–H groups in total. The lowest BCUT2D eigenvalue weighted by Crippen LogP contribution is -2.35. The summed E-state index contributed by atoms with van der Waals surface area (Å²) in [5.41, 5.74) is 1.71. The van der Waals surface area contributed by atoms with E-state index in [-0.39, 0.29) is 0 Å². The van der Waals surface area contributed by atoms with Gasteiger partial charge in [-0.1, -0.05) is 6.42 Å². The second kappa shape index (κ2) is 7.10. The first-order chi connectivity index (χ1) is 8.88. The standard InChI is InChI=1S/C14H20N4/c15-9-13-8-14(12-17-10-13)11-16-4-7-18-5-2-1-3-6-18/h8,10,12,16H,1-7,11H2. The fourth-order valence-corrected chi connectivity index (χ4v) is 2.30. The van der Waals surface area contributed by atoms with Gasteiger partial charge in [0.05, 0.1) is 5.56 Å². The third-order valence-corrected chi connectivity index (χ3v) is 3.31. The zero-order valence-corrected chi connectivity index (χ0v) is 10.7. The second-order valence-corrected chi connectivity index (χ2v) is 4.77. The minimum atomic E-state index is 0.630. The summed E-state index contributed by atoms with van der Waals surface area (Å²) >= 11 is 0. The summed E-state index contributed by atoms with van der Waals surface area (Å²) in [5, 5.41) is 12.2. The highest BCUT2D eigenvalue weighted by Crippen LogP contribution is 2.07. The second-order valence-electron chi connectivity index (χ2n) is 4.77. The van der Waals surface area contributed by atoms with E-state index >= 15 is 0 Å². The van der Waals surface area contributed by atoms with Gasteiger partial charge in [-0.05, 0) is 37.6 Å². The predicted octanol–water partition coefficient (Wildman–Crippen LogP) is 1.53. The molecule has 1 aromatic heterocycles. The van der Waals surface area contributed by atoms with Gasteiger partial charge in [0, 0.05) is 32.0 Å². The molecule has 0 atom stereocenters. The maximum absolute atomic E-state index is 8.79. The number of aromatic nitrogens is 1. The van der Waals surface area contributed by atoms with E-state index in [4.69, 9.17) is 5.26 Å². The number of hydrogen-bond acceptors (Lipinski definition) is 4. The van der Waals surface area contributed by atoms with Gasteiger partial charge in [-0.2, -0.15) is 5.26 Å². The molecule has 1 fully saturated rings. The van der Waals surface area contributed by atoms with Crippen LogP contribution in [0.2, 0.25) is 0 Å². The van der Waals surface area contributed by atoms with E-state index in [1.807, 2.05) is 12.3 Å². The summed E-state index contributed by atoms with van der Waals surface area (Å²) in [4.78, 5) is 6.57. The van der Waals surface area contributed by atoms with Gasteiger partial charge in [0.15, 0.2) is 0 Å². The van der Waals surface area contributed by atoms with Crippen LogP contribution in [-0.4, -0.2) is 36.1 Å². The zero-order valence-electron chi connectivity index (χ0n) is 10.7. The summed E-state index contributed by atoms with van der Waals surface area (Å²) in [6, 6.07) is 4.00. The Kier molecular flexibility index (Phi) is 5.13. The van der Waals surface area contributed by atoms with Gasteiger partial charge in [0.1, 0.15) is 6.07 Å². The molecule has 0 radical (unpaired) electrons. The maximum Gasteiger partial charge on any atom is 0.101 e. The Morgan fingerprint density at radius 1 is 1.28 bits per heavy atom. The van der Waals surface area contributed by atoms with Gasteiger partial charge in [-0.3, -0.25) is 4.98 Å². The molecule has 0 unspecified atom stereocenters. The third-order valence-electron chi connectivity index (χ3n) is 3.31. The number of pyridine rings is 1. The van der Waals surface area contributed by atoms with Gasteiger partial charge >= 0.3 is 0 Å². The van der Waals surface area contributed by atoms with Crippen molar-refractivity contribution in [3.63, 3.8) is 0 Å². The average Bonchev–Trinajstić information content (AvgIpc) is 2.45. The van der Waals surface area contributed by atoms with E-state index in [2.05, 4.69) is 21.3 Å². The van der Waals surface area contributed by atoms with Crippen LogP contribution in [0.15, 0.2) is 18.5 Å². The van der Waals surface area contributed by atoms with E-state index in [9.17, 15) is 0 Å². The minimum Gasteiger partial charge on any atom is -0.311 e. The average molecular weight is 244 g/mol. The Morgan fingerprint density at radius 3 is 2.89 bits per heavy atom. The zero-order chi connectivity index (χ0) is 12.6. The first kappa shape index (κ1) is 13.0. The van der Waals surface area contributed by atoms with Crippen LogP contribution in [0, 0.1) is 11.3 Å². The molecule has 0 saturated carbocycles. The van der Waals surface area contributed by atoms with Gasteiger partial charge in [-0.25, -0.2) is 0 Å². The van der Waals surface area contributed by atoms with Crippen molar-refractivity contribution in [3.8, 4) is 6.07 Å². The van der Waals surface area contributed by atoms with Crippen molar-refractivity contribution in [1.29, 1.82) is 5.26 Å². The molecular weight excluding hydrogens is 224 g/mol. The van der Waals surface area contributed by atoms with E-state index in [1.54, 1.807) is 6.20 Å². The van der Waals surface area contributed by atoms with Crippen LogP contribution >= 0.6 is 0 Å². The first-order valence-corrected chi connectivity index (χ1v) is 6.65. The van der Waals surface area contributed by atoms with Crippen LogP contribution in [0.3, 0.4) is 0 Å². The molecule has 0 amide bonds. The Bertz CT molecular complexity index is 405. The molecule has 0 aliphatic carbocycles. The minimum absolute atomic E-state index is 0.630. The highest BCUT2D eigenvalue weighted by atomic mass is 15.1.